The van der Waals surface area contributed by atoms with Crippen molar-refractivity contribution < 1.29 is 14.4 Å². The molecule has 3 N–H and O–H groups in total. The topological polar surface area (TPSA) is 105 Å². The first-order valence-corrected chi connectivity index (χ1v) is 6.27. The quantitative estimate of drug-likeness (QED) is 0.722. The van der Waals surface area contributed by atoms with Crippen LogP contribution in [0.5, 0.6) is 0 Å². The lowest BCUT2D eigenvalue weighted by atomic mass is 10.0. The zero-order valence-corrected chi connectivity index (χ0v) is 11.1. The zero-order valence-electron chi connectivity index (χ0n) is 11.1. The van der Waals surface area contributed by atoms with E-state index in [1.165, 1.54) is 13.2 Å². The first-order chi connectivity index (χ1) is 9.47. The fraction of sp³-hybridized carbons (Fsp3) is 0.385. The molecule has 1 aliphatic heterocycles. The highest BCUT2D eigenvalue weighted by Gasteiger charge is 2.32. The molecule has 0 bridgehead atoms. The van der Waals surface area contributed by atoms with Crippen LogP contribution in [0.3, 0.4) is 0 Å². The molecule has 0 aliphatic carbocycles. The second-order valence-electron chi connectivity index (χ2n) is 4.71. The third-order valence-electron chi connectivity index (χ3n) is 3.17. The van der Waals surface area contributed by atoms with E-state index in [0.29, 0.717) is 17.8 Å². The number of carbonyl (C=O) groups is 3. The van der Waals surface area contributed by atoms with E-state index < -0.39 is 6.04 Å². The number of piperidine rings is 1. The molecule has 7 nitrogen and oxygen atoms in total. The van der Waals surface area contributed by atoms with Gasteiger partial charge in [0, 0.05) is 19.2 Å². The van der Waals surface area contributed by atoms with Crippen LogP contribution in [0.2, 0.25) is 0 Å². The molecule has 1 saturated heterocycles. The number of hydrogen-bond acceptors (Lipinski definition) is 5. The number of aromatic nitrogens is 1. The Morgan fingerprint density at radius 2 is 2.25 bits per heavy atom. The Bertz CT molecular complexity index is 541. The number of imide groups is 1. The van der Waals surface area contributed by atoms with E-state index in [0.717, 1.165) is 4.90 Å². The molecule has 1 aromatic rings. The summed E-state index contributed by atoms with van der Waals surface area (Å²) in [5, 5.41) is 2.63. The van der Waals surface area contributed by atoms with Gasteiger partial charge in [-0.2, -0.15) is 0 Å². The number of nitrogens with one attached hydrogen (secondary N) is 1. The molecular formula is C13H16N4O3. The minimum absolute atomic E-state index is 0.0712. The van der Waals surface area contributed by atoms with Crippen molar-refractivity contribution in [2.75, 3.05) is 12.8 Å². The lowest BCUT2D eigenvalue weighted by molar-refractivity contribution is -0.149. The molecular weight excluding hydrogens is 260 g/mol. The second kappa shape index (κ2) is 5.68. The van der Waals surface area contributed by atoms with Crippen LogP contribution in [0.15, 0.2) is 18.3 Å². The van der Waals surface area contributed by atoms with Gasteiger partial charge in [-0.15, -0.1) is 0 Å². The zero-order chi connectivity index (χ0) is 14.7. The Morgan fingerprint density at radius 3 is 2.90 bits per heavy atom. The van der Waals surface area contributed by atoms with Crippen LogP contribution in [-0.4, -0.2) is 40.7 Å². The van der Waals surface area contributed by atoms with E-state index in [4.69, 9.17) is 5.73 Å². The number of pyridine rings is 1. The number of amides is 3. The van der Waals surface area contributed by atoms with Gasteiger partial charge in [-0.3, -0.25) is 24.3 Å². The number of hydrogen-bond donors (Lipinski definition) is 2. The maximum absolute atomic E-state index is 11.9. The maximum Gasteiger partial charge on any atom is 0.251 e. The van der Waals surface area contributed by atoms with Gasteiger partial charge in [0.1, 0.15) is 6.04 Å². The van der Waals surface area contributed by atoms with E-state index in [-0.39, 0.29) is 30.6 Å². The lowest BCUT2D eigenvalue weighted by Gasteiger charge is -2.28. The molecule has 2 heterocycles. The fourth-order valence-corrected chi connectivity index (χ4v) is 2.00. The number of nitrogens with two attached hydrogens (primary N) is 1. The molecule has 7 heteroatoms. The van der Waals surface area contributed by atoms with Gasteiger partial charge in [0.05, 0.1) is 18.3 Å². The Kier molecular flexibility index (Phi) is 3.97. The van der Waals surface area contributed by atoms with Crippen LogP contribution in [0, 0.1) is 0 Å². The molecule has 1 atom stereocenters. The molecule has 20 heavy (non-hydrogen) atoms. The molecule has 0 aromatic carbocycles. The molecule has 1 aliphatic rings. The third kappa shape index (κ3) is 3.11. The van der Waals surface area contributed by atoms with Crippen molar-refractivity contribution in [2.24, 2.45) is 0 Å². The molecule has 0 radical (unpaired) electrons. The van der Waals surface area contributed by atoms with Gasteiger partial charge >= 0.3 is 0 Å². The van der Waals surface area contributed by atoms with Gasteiger partial charge in [0.15, 0.2) is 0 Å². The van der Waals surface area contributed by atoms with Crippen LogP contribution >= 0.6 is 0 Å². The maximum atomic E-state index is 11.9. The first-order valence-electron chi connectivity index (χ1n) is 6.27. The third-order valence-corrected chi connectivity index (χ3v) is 3.17. The number of nitrogen functional groups attached to an aromatic ring is 1. The minimum atomic E-state index is -0.640. The van der Waals surface area contributed by atoms with Crippen molar-refractivity contribution in [2.45, 2.75) is 25.3 Å². The summed E-state index contributed by atoms with van der Waals surface area (Å²) in [7, 11) is 1.42. The normalized spacial score (nSPS) is 19.1. The van der Waals surface area contributed by atoms with Gasteiger partial charge in [0.25, 0.3) is 5.91 Å². The number of likely N-dealkylation sites (N-methyl/N-ethyl adjacent to an activating group) is 1. The molecule has 1 fully saturated rings. The first kappa shape index (κ1) is 14.0. The number of carbonyl (C=O) groups excluding carboxylic acids is 3. The van der Waals surface area contributed by atoms with Gasteiger partial charge < -0.3 is 11.1 Å². The average molecular weight is 276 g/mol. The number of anilines is 1. The molecule has 1 aromatic heterocycles. The van der Waals surface area contributed by atoms with Gasteiger partial charge in [-0.05, 0) is 18.6 Å². The standard InChI is InChI=1S/C13H16N4O3/c1-17-12(19)5-4-10(13(17)20)16-11(18)6-9-3-2-8(14)7-15-9/h2-3,7,10H,4-6,14H2,1H3,(H,16,18). The van der Waals surface area contributed by atoms with Crippen LogP contribution < -0.4 is 11.1 Å². The predicted octanol–water partition coefficient (Wildman–Crippen LogP) is -0.530. The van der Waals surface area contributed by atoms with E-state index in [9.17, 15) is 14.4 Å². The summed E-state index contributed by atoms with van der Waals surface area (Å²) in [6, 6.07) is 2.68. The van der Waals surface area contributed by atoms with E-state index in [1.54, 1.807) is 12.1 Å². The number of rotatable bonds is 3. The SMILES string of the molecule is CN1C(=O)CCC(NC(=O)Cc2ccc(N)cn2)C1=O. The van der Waals surface area contributed by atoms with E-state index in [1.807, 2.05) is 0 Å². The highest BCUT2D eigenvalue weighted by molar-refractivity contribution is 6.01. The predicted molar refractivity (Wildman–Crippen MR) is 71.3 cm³/mol. The van der Waals surface area contributed by atoms with Crippen molar-refractivity contribution in [3.8, 4) is 0 Å². The fourth-order valence-electron chi connectivity index (χ4n) is 2.00. The highest BCUT2D eigenvalue weighted by Crippen LogP contribution is 2.11. The lowest BCUT2D eigenvalue weighted by Crippen LogP contribution is -2.53. The van der Waals surface area contributed by atoms with Crippen LogP contribution in [0.4, 0.5) is 5.69 Å². The Morgan fingerprint density at radius 1 is 1.50 bits per heavy atom. The second-order valence-corrected chi connectivity index (χ2v) is 4.71. The molecule has 106 valence electrons. The molecule has 1 unspecified atom stereocenters. The number of nitrogens with zero attached hydrogens (tertiary/aromatic N) is 2. The average Bonchev–Trinajstić information content (AvgIpc) is 2.42. The van der Waals surface area contributed by atoms with E-state index >= 15 is 0 Å². The summed E-state index contributed by atoms with van der Waals surface area (Å²) in [4.78, 5) is 40.1. The van der Waals surface area contributed by atoms with Crippen LogP contribution in [0.25, 0.3) is 0 Å². The Labute approximate surface area is 116 Å². The van der Waals surface area contributed by atoms with Gasteiger partial charge in [-0.25, -0.2) is 0 Å². The van der Waals surface area contributed by atoms with E-state index in [2.05, 4.69) is 10.3 Å². The highest BCUT2D eigenvalue weighted by atomic mass is 16.2. The molecule has 3 amide bonds. The summed E-state index contributed by atoms with van der Waals surface area (Å²) in [6.45, 7) is 0. The van der Waals surface area contributed by atoms with Crippen molar-refractivity contribution in [1.82, 2.24) is 15.2 Å². The van der Waals surface area contributed by atoms with Crippen molar-refractivity contribution >= 4 is 23.4 Å². The molecule has 0 saturated carbocycles. The van der Waals surface area contributed by atoms with Gasteiger partial charge in [-0.1, -0.05) is 0 Å². The van der Waals surface area contributed by atoms with Crippen molar-refractivity contribution in [1.29, 1.82) is 0 Å². The monoisotopic (exact) mass is 276 g/mol. The summed E-state index contributed by atoms with van der Waals surface area (Å²) >= 11 is 0. The van der Waals surface area contributed by atoms with Crippen LogP contribution in [-0.2, 0) is 20.8 Å². The minimum Gasteiger partial charge on any atom is -0.397 e. The van der Waals surface area contributed by atoms with Crippen molar-refractivity contribution in [3.05, 3.63) is 24.0 Å². The summed E-state index contributed by atoms with van der Waals surface area (Å²) in [5.74, 6) is -0.899. The summed E-state index contributed by atoms with van der Waals surface area (Å²) in [5.41, 5.74) is 6.61. The smallest absolute Gasteiger partial charge is 0.251 e. The largest absolute Gasteiger partial charge is 0.397 e. The van der Waals surface area contributed by atoms with Crippen LogP contribution in [0.1, 0.15) is 18.5 Å². The van der Waals surface area contributed by atoms with Gasteiger partial charge in [0.2, 0.25) is 11.8 Å². The summed E-state index contributed by atoms with van der Waals surface area (Å²) < 4.78 is 0. The Balaban J connectivity index is 1.93. The van der Waals surface area contributed by atoms with Crippen molar-refractivity contribution in [3.63, 3.8) is 0 Å². The Hall–Kier alpha value is -2.44. The number of likely N-dealkylation sites (tertiary alicyclic amines) is 1. The molecule has 2 rings (SSSR count). The molecule has 0 spiro atoms. The summed E-state index contributed by atoms with van der Waals surface area (Å²) in [6.07, 6.45) is 2.14.